The predicted octanol–water partition coefficient (Wildman–Crippen LogP) is 4.11. The molecule has 1 aromatic carbocycles. The first-order valence-electron chi connectivity index (χ1n) is 4.86. The summed E-state index contributed by atoms with van der Waals surface area (Å²) in [6.45, 7) is 4.30. The van der Waals surface area contributed by atoms with E-state index in [0.717, 1.165) is 12.1 Å². The van der Waals surface area contributed by atoms with Crippen molar-refractivity contribution in [3.8, 4) is 5.75 Å². The maximum Gasteiger partial charge on any atom is 0.122 e. The van der Waals surface area contributed by atoms with E-state index in [1.165, 1.54) is 6.42 Å². The minimum absolute atomic E-state index is 0. The Hall–Kier alpha value is -0.485. The highest BCUT2D eigenvalue weighted by atomic mass is 31.0. The van der Waals surface area contributed by atoms with Gasteiger partial charge in [0.1, 0.15) is 5.75 Å². The van der Waals surface area contributed by atoms with Crippen molar-refractivity contribution in [3.05, 3.63) is 30.3 Å². The van der Waals surface area contributed by atoms with Crippen molar-refractivity contribution in [2.45, 2.75) is 34.0 Å². The van der Waals surface area contributed by atoms with E-state index in [2.05, 4.69) is 23.3 Å². The molecule has 2 radical (unpaired) electrons. The Morgan fingerprint density at radius 3 is 2.07 bits per heavy atom. The largest absolute Gasteiger partial charge is 0.480 e. The van der Waals surface area contributed by atoms with E-state index in [1.807, 2.05) is 30.3 Å². The topological polar surface area (TPSA) is 9.23 Å². The van der Waals surface area contributed by atoms with Crippen molar-refractivity contribution in [1.29, 1.82) is 0 Å². The third kappa shape index (κ3) is 9.81. The van der Waals surface area contributed by atoms with Crippen LogP contribution >= 0.6 is 9.47 Å². The zero-order valence-electron chi connectivity index (χ0n) is 8.94. The quantitative estimate of drug-likeness (QED) is 0.554. The van der Waals surface area contributed by atoms with Crippen LogP contribution in [0.5, 0.6) is 5.75 Å². The van der Waals surface area contributed by atoms with Crippen molar-refractivity contribution in [2.24, 2.45) is 5.92 Å². The van der Waals surface area contributed by atoms with Gasteiger partial charge in [0.25, 0.3) is 0 Å². The molecule has 0 amide bonds. The first kappa shape index (κ1) is 16.9. The van der Waals surface area contributed by atoms with Gasteiger partial charge in [0.05, 0.1) is 17.3 Å². The number of para-hydroxylation sites is 1. The molecule has 0 aromatic heterocycles. The zero-order valence-corrected chi connectivity index (χ0v) is 10.1. The standard InChI is InChI=1S/C6H7OP.C5H11B.CH4/c8-7-6-4-2-1-3-5-6;1-3-5(2)4-6;/h1-5H,8H2;5H,3-4H2,1-2H3;1H4. The highest BCUT2D eigenvalue weighted by Gasteiger charge is 1.88. The molecular formula is C12H22BOP. The second-order valence-corrected chi connectivity index (χ2v) is 3.42. The Bertz CT molecular complexity index is 212. The minimum atomic E-state index is 0. The molecule has 1 rings (SSSR count). The molecule has 3 heteroatoms. The Balaban J connectivity index is 0. The lowest BCUT2D eigenvalue weighted by molar-refractivity contribution is 0.625. The molecular weight excluding hydrogens is 202 g/mol. The van der Waals surface area contributed by atoms with Gasteiger partial charge in [0.15, 0.2) is 0 Å². The summed E-state index contributed by atoms with van der Waals surface area (Å²) in [7, 11) is 7.48. The fourth-order valence-electron chi connectivity index (χ4n) is 0.666. The molecule has 0 aliphatic carbocycles. The molecule has 0 saturated heterocycles. The first-order valence-corrected chi connectivity index (χ1v) is 5.33. The third-order valence-corrected chi connectivity index (χ3v) is 2.25. The zero-order chi connectivity index (χ0) is 10.8. The summed E-state index contributed by atoms with van der Waals surface area (Å²) in [5.74, 6) is 1.59. The Labute approximate surface area is 98.3 Å². The molecule has 84 valence electrons. The van der Waals surface area contributed by atoms with Crippen LogP contribution in [0.3, 0.4) is 0 Å². The van der Waals surface area contributed by atoms with Gasteiger partial charge in [0, 0.05) is 0 Å². The number of benzene rings is 1. The first-order chi connectivity index (χ1) is 6.74. The van der Waals surface area contributed by atoms with Crippen LogP contribution < -0.4 is 4.52 Å². The van der Waals surface area contributed by atoms with Gasteiger partial charge >= 0.3 is 0 Å². The summed E-state index contributed by atoms with van der Waals surface area (Å²) in [4.78, 5) is 0. The van der Waals surface area contributed by atoms with Crippen molar-refractivity contribution in [3.63, 3.8) is 0 Å². The summed E-state index contributed by atoms with van der Waals surface area (Å²) >= 11 is 0. The fraction of sp³-hybridized carbons (Fsp3) is 0.500. The van der Waals surface area contributed by atoms with E-state index >= 15 is 0 Å². The number of rotatable bonds is 3. The van der Waals surface area contributed by atoms with Crippen LogP contribution in [0.1, 0.15) is 27.7 Å². The summed E-state index contributed by atoms with van der Waals surface area (Å²) in [5, 5.41) is 0. The Morgan fingerprint density at radius 1 is 1.33 bits per heavy atom. The van der Waals surface area contributed by atoms with Gasteiger partial charge in [-0.15, -0.1) is 0 Å². The highest BCUT2D eigenvalue weighted by molar-refractivity contribution is 7.10. The molecule has 0 N–H and O–H groups in total. The van der Waals surface area contributed by atoms with E-state index < -0.39 is 0 Å². The molecule has 0 aliphatic heterocycles. The van der Waals surface area contributed by atoms with Crippen molar-refractivity contribution >= 4 is 17.3 Å². The number of hydrogen-bond acceptors (Lipinski definition) is 1. The van der Waals surface area contributed by atoms with Gasteiger partial charge < -0.3 is 4.52 Å². The second kappa shape index (κ2) is 11.6. The molecule has 0 fully saturated rings. The van der Waals surface area contributed by atoms with E-state index in [0.29, 0.717) is 5.92 Å². The van der Waals surface area contributed by atoms with Gasteiger partial charge in [-0.05, 0) is 12.1 Å². The molecule has 1 aromatic rings. The average Bonchev–Trinajstić information content (AvgIpc) is 2.30. The highest BCUT2D eigenvalue weighted by Crippen LogP contribution is 2.09. The van der Waals surface area contributed by atoms with Crippen molar-refractivity contribution in [2.75, 3.05) is 0 Å². The van der Waals surface area contributed by atoms with Gasteiger partial charge in [-0.25, -0.2) is 0 Å². The van der Waals surface area contributed by atoms with Crippen molar-refractivity contribution < 1.29 is 4.52 Å². The lowest BCUT2D eigenvalue weighted by Gasteiger charge is -1.99. The maximum atomic E-state index is 5.28. The lowest BCUT2D eigenvalue weighted by atomic mass is 9.91. The monoisotopic (exact) mass is 224 g/mol. The smallest absolute Gasteiger partial charge is 0.122 e. The molecule has 2 unspecified atom stereocenters. The van der Waals surface area contributed by atoms with Crippen LogP contribution in [0.4, 0.5) is 0 Å². The SMILES string of the molecule is C.POc1ccccc1.[B]CC(C)CC. The maximum absolute atomic E-state index is 5.28. The molecule has 0 bridgehead atoms. The van der Waals surface area contributed by atoms with E-state index in [9.17, 15) is 0 Å². The Kier molecular flexibility index (Phi) is 13.1. The molecule has 0 heterocycles. The van der Waals surface area contributed by atoms with E-state index in [-0.39, 0.29) is 7.43 Å². The Morgan fingerprint density at radius 2 is 1.87 bits per heavy atom. The van der Waals surface area contributed by atoms with E-state index in [4.69, 9.17) is 12.4 Å². The fourth-order valence-corrected chi connectivity index (χ4v) is 0.823. The predicted molar refractivity (Wildman–Crippen MR) is 73.5 cm³/mol. The van der Waals surface area contributed by atoms with Gasteiger partial charge in [-0.1, -0.05) is 58.1 Å². The van der Waals surface area contributed by atoms with Crippen LogP contribution in [-0.4, -0.2) is 7.85 Å². The van der Waals surface area contributed by atoms with Crippen LogP contribution in [0.25, 0.3) is 0 Å². The summed E-state index contributed by atoms with van der Waals surface area (Å²) in [6, 6.07) is 9.60. The second-order valence-electron chi connectivity index (χ2n) is 3.18. The average molecular weight is 224 g/mol. The molecule has 15 heavy (non-hydrogen) atoms. The van der Waals surface area contributed by atoms with Crippen LogP contribution in [0.2, 0.25) is 6.32 Å². The molecule has 1 nitrogen and oxygen atoms in total. The van der Waals surface area contributed by atoms with Crippen LogP contribution in [-0.2, 0) is 0 Å². The van der Waals surface area contributed by atoms with E-state index in [1.54, 1.807) is 0 Å². The summed E-state index contributed by atoms with van der Waals surface area (Å²) < 4.78 is 4.83. The summed E-state index contributed by atoms with van der Waals surface area (Å²) in [5.41, 5.74) is 0. The van der Waals surface area contributed by atoms with Gasteiger partial charge in [0.2, 0.25) is 0 Å². The normalized spacial score (nSPS) is 10.3. The number of hydrogen-bond donors (Lipinski definition) is 0. The third-order valence-electron chi connectivity index (χ3n) is 1.98. The molecule has 0 saturated carbocycles. The van der Waals surface area contributed by atoms with Gasteiger partial charge in [-0.3, -0.25) is 0 Å². The van der Waals surface area contributed by atoms with Crippen LogP contribution in [0.15, 0.2) is 30.3 Å². The molecule has 2 atom stereocenters. The lowest BCUT2D eigenvalue weighted by Crippen LogP contribution is -1.87. The minimum Gasteiger partial charge on any atom is -0.480 e. The van der Waals surface area contributed by atoms with Crippen molar-refractivity contribution in [1.82, 2.24) is 0 Å². The van der Waals surface area contributed by atoms with Crippen LogP contribution in [0, 0.1) is 5.92 Å². The molecule has 0 aliphatic rings. The molecule has 0 spiro atoms. The summed E-state index contributed by atoms with van der Waals surface area (Å²) in [6.07, 6.45) is 2.03. The van der Waals surface area contributed by atoms with Gasteiger partial charge in [-0.2, -0.15) is 0 Å².